The first-order valence-corrected chi connectivity index (χ1v) is 4.71. The molecule has 0 spiro atoms. The second-order valence-electron chi connectivity index (χ2n) is 3.88. The zero-order chi connectivity index (χ0) is 10.3. The van der Waals surface area contributed by atoms with Crippen molar-refractivity contribution in [1.82, 2.24) is 4.98 Å². The number of H-pyrrole nitrogens is 1. The third-order valence-electron chi connectivity index (χ3n) is 2.42. The monoisotopic (exact) mass is 191 g/mol. The summed E-state index contributed by atoms with van der Waals surface area (Å²) in [5.41, 5.74) is 3.70. The van der Waals surface area contributed by atoms with Crippen LogP contribution in [0.5, 0.6) is 0 Å². The van der Waals surface area contributed by atoms with Gasteiger partial charge in [0.15, 0.2) is 5.58 Å². The Bertz CT molecular complexity index is 520. The van der Waals surface area contributed by atoms with Crippen molar-refractivity contribution in [3.63, 3.8) is 0 Å². The Morgan fingerprint density at radius 2 is 2.07 bits per heavy atom. The lowest BCUT2D eigenvalue weighted by molar-refractivity contribution is 0.555. The highest BCUT2D eigenvalue weighted by Gasteiger charge is 2.07. The van der Waals surface area contributed by atoms with Gasteiger partial charge in [-0.3, -0.25) is 4.98 Å². The molecule has 0 aliphatic heterocycles. The predicted octanol–water partition coefficient (Wildman–Crippen LogP) is 2.55. The Labute approximate surface area is 81.7 Å². The normalized spacial score (nSPS) is 11.4. The number of rotatable bonds is 1. The lowest BCUT2D eigenvalue weighted by Crippen LogP contribution is -1.93. The molecule has 1 aromatic carbocycles. The smallest absolute Gasteiger partial charge is 0.408 e. The molecule has 0 radical (unpaired) electrons. The summed E-state index contributed by atoms with van der Waals surface area (Å²) in [4.78, 5) is 13.7. The van der Waals surface area contributed by atoms with Gasteiger partial charge in [0.25, 0.3) is 0 Å². The summed E-state index contributed by atoms with van der Waals surface area (Å²) >= 11 is 0. The van der Waals surface area contributed by atoms with E-state index in [1.807, 2.05) is 13.0 Å². The van der Waals surface area contributed by atoms with Crippen LogP contribution in [0.3, 0.4) is 0 Å². The zero-order valence-electron chi connectivity index (χ0n) is 8.55. The molecule has 0 unspecified atom stereocenters. The highest BCUT2D eigenvalue weighted by molar-refractivity contribution is 5.76. The summed E-state index contributed by atoms with van der Waals surface area (Å²) in [6.07, 6.45) is 0. The van der Waals surface area contributed by atoms with Gasteiger partial charge >= 0.3 is 5.76 Å². The molecule has 0 saturated carbocycles. The fourth-order valence-electron chi connectivity index (χ4n) is 1.58. The molecule has 1 aromatic heterocycles. The number of aromatic nitrogens is 1. The molecular formula is C11H13NO2. The Kier molecular flexibility index (Phi) is 1.95. The van der Waals surface area contributed by atoms with Crippen LogP contribution in [0.25, 0.3) is 11.1 Å². The van der Waals surface area contributed by atoms with Crippen LogP contribution in [0.15, 0.2) is 21.3 Å². The summed E-state index contributed by atoms with van der Waals surface area (Å²) in [7, 11) is 0. The lowest BCUT2D eigenvalue weighted by Gasteiger charge is -2.05. The van der Waals surface area contributed by atoms with Crippen LogP contribution in [0.2, 0.25) is 0 Å². The Morgan fingerprint density at radius 1 is 1.36 bits per heavy atom. The maximum absolute atomic E-state index is 11.0. The molecule has 0 aliphatic rings. The van der Waals surface area contributed by atoms with Gasteiger partial charge in [0, 0.05) is 0 Å². The van der Waals surface area contributed by atoms with Crippen LogP contribution >= 0.6 is 0 Å². The average Bonchev–Trinajstić information content (AvgIpc) is 2.45. The number of nitrogens with one attached hydrogen (secondary N) is 1. The number of hydrogen-bond acceptors (Lipinski definition) is 2. The Morgan fingerprint density at radius 3 is 2.71 bits per heavy atom. The molecule has 0 bridgehead atoms. The van der Waals surface area contributed by atoms with Crippen molar-refractivity contribution in [2.24, 2.45) is 0 Å². The minimum Gasteiger partial charge on any atom is -0.408 e. The van der Waals surface area contributed by atoms with Gasteiger partial charge in [0.1, 0.15) is 0 Å². The van der Waals surface area contributed by atoms with E-state index in [2.05, 4.69) is 24.9 Å². The largest absolute Gasteiger partial charge is 0.417 e. The SMILES string of the molecule is Cc1cc(C(C)C)cc2oc(=O)[nH]c12. The van der Waals surface area contributed by atoms with Crippen LogP contribution in [0, 0.1) is 6.92 Å². The second kappa shape index (κ2) is 3.01. The van der Waals surface area contributed by atoms with Crippen molar-refractivity contribution in [2.75, 3.05) is 0 Å². The topological polar surface area (TPSA) is 46.0 Å². The Hall–Kier alpha value is -1.51. The quantitative estimate of drug-likeness (QED) is 0.752. The van der Waals surface area contributed by atoms with Crippen LogP contribution in [0.1, 0.15) is 30.9 Å². The summed E-state index contributed by atoms with van der Waals surface area (Å²) in [5.74, 6) is 0.0577. The molecule has 74 valence electrons. The molecule has 0 atom stereocenters. The number of aromatic amines is 1. The molecule has 0 saturated heterocycles. The third kappa shape index (κ3) is 1.35. The number of hydrogen-bond donors (Lipinski definition) is 1. The molecule has 3 heteroatoms. The third-order valence-corrected chi connectivity index (χ3v) is 2.42. The van der Waals surface area contributed by atoms with Gasteiger partial charge < -0.3 is 4.42 Å². The maximum Gasteiger partial charge on any atom is 0.417 e. The highest BCUT2D eigenvalue weighted by Crippen LogP contribution is 2.22. The first-order valence-electron chi connectivity index (χ1n) is 4.71. The van der Waals surface area contributed by atoms with Gasteiger partial charge in [0.05, 0.1) is 5.52 Å². The van der Waals surface area contributed by atoms with E-state index in [9.17, 15) is 4.79 Å². The van der Waals surface area contributed by atoms with Gasteiger partial charge in [-0.05, 0) is 30.0 Å². The minimum absolute atomic E-state index is 0.385. The van der Waals surface area contributed by atoms with Crippen LogP contribution in [0.4, 0.5) is 0 Å². The predicted molar refractivity (Wildman–Crippen MR) is 55.7 cm³/mol. The highest BCUT2D eigenvalue weighted by atomic mass is 16.4. The van der Waals surface area contributed by atoms with Gasteiger partial charge in [-0.25, -0.2) is 4.79 Å². The molecule has 2 rings (SSSR count). The van der Waals surface area contributed by atoms with Gasteiger partial charge in [-0.15, -0.1) is 0 Å². The van der Waals surface area contributed by atoms with Crippen molar-refractivity contribution < 1.29 is 4.42 Å². The molecule has 0 amide bonds. The fraction of sp³-hybridized carbons (Fsp3) is 0.364. The summed E-state index contributed by atoms with van der Waals surface area (Å²) in [5, 5.41) is 0. The van der Waals surface area contributed by atoms with E-state index in [4.69, 9.17) is 4.42 Å². The summed E-state index contributed by atoms with van der Waals surface area (Å²) < 4.78 is 5.03. The number of aryl methyl sites for hydroxylation is 1. The van der Waals surface area contributed by atoms with E-state index in [0.29, 0.717) is 11.5 Å². The molecule has 1 N–H and O–H groups in total. The summed E-state index contributed by atoms with van der Waals surface area (Å²) in [6.45, 7) is 6.20. The zero-order valence-corrected chi connectivity index (χ0v) is 8.55. The number of benzene rings is 1. The molecule has 14 heavy (non-hydrogen) atoms. The molecule has 2 aromatic rings. The average molecular weight is 191 g/mol. The number of oxazole rings is 1. The lowest BCUT2D eigenvalue weighted by atomic mass is 10.0. The molecular weight excluding hydrogens is 178 g/mol. The molecule has 3 nitrogen and oxygen atoms in total. The molecule has 1 heterocycles. The van der Waals surface area contributed by atoms with Gasteiger partial charge in [0.2, 0.25) is 0 Å². The maximum atomic E-state index is 11.0. The van der Waals surface area contributed by atoms with Crippen molar-refractivity contribution in [3.05, 3.63) is 33.8 Å². The molecule has 0 aliphatic carbocycles. The van der Waals surface area contributed by atoms with Crippen LogP contribution < -0.4 is 5.76 Å². The summed E-state index contributed by atoms with van der Waals surface area (Å²) in [6, 6.07) is 4.00. The molecule has 0 fully saturated rings. The second-order valence-corrected chi connectivity index (χ2v) is 3.88. The fourth-order valence-corrected chi connectivity index (χ4v) is 1.58. The van der Waals surface area contributed by atoms with E-state index in [1.165, 1.54) is 5.56 Å². The van der Waals surface area contributed by atoms with Crippen LogP contribution in [-0.2, 0) is 0 Å². The minimum atomic E-state index is -0.385. The van der Waals surface area contributed by atoms with Gasteiger partial charge in [-0.2, -0.15) is 0 Å². The van der Waals surface area contributed by atoms with Crippen molar-refractivity contribution in [2.45, 2.75) is 26.7 Å². The van der Waals surface area contributed by atoms with E-state index in [-0.39, 0.29) is 5.76 Å². The van der Waals surface area contributed by atoms with E-state index < -0.39 is 0 Å². The van der Waals surface area contributed by atoms with Crippen molar-refractivity contribution in [3.8, 4) is 0 Å². The van der Waals surface area contributed by atoms with Gasteiger partial charge in [-0.1, -0.05) is 19.9 Å². The van der Waals surface area contributed by atoms with E-state index in [0.717, 1.165) is 11.1 Å². The first-order chi connectivity index (χ1) is 6.58. The van der Waals surface area contributed by atoms with E-state index >= 15 is 0 Å². The number of fused-ring (bicyclic) bond motifs is 1. The van der Waals surface area contributed by atoms with Crippen molar-refractivity contribution >= 4 is 11.1 Å². The Balaban J connectivity index is 2.77. The standard InChI is InChI=1S/C11H13NO2/c1-6(2)8-4-7(3)10-9(5-8)14-11(13)12-10/h4-6H,1-3H3,(H,12,13). The van der Waals surface area contributed by atoms with Crippen molar-refractivity contribution in [1.29, 1.82) is 0 Å². The van der Waals surface area contributed by atoms with Crippen LogP contribution in [-0.4, -0.2) is 4.98 Å². The first kappa shape index (κ1) is 9.06. The van der Waals surface area contributed by atoms with E-state index in [1.54, 1.807) is 0 Å².